The summed E-state index contributed by atoms with van der Waals surface area (Å²) in [7, 11) is 8.35. The molecule has 396 valence electrons. The maximum absolute atomic E-state index is 13.3. The Kier molecular flexibility index (Phi) is 19.1. The van der Waals surface area contributed by atoms with Crippen LogP contribution in [0.25, 0.3) is 21.1 Å². The van der Waals surface area contributed by atoms with E-state index in [4.69, 9.17) is 9.47 Å². The van der Waals surface area contributed by atoms with Gasteiger partial charge in [0.2, 0.25) is 0 Å². The largest absolute Gasteiger partial charge is 0.491 e. The van der Waals surface area contributed by atoms with Crippen molar-refractivity contribution in [3.05, 3.63) is 106 Å². The van der Waals surface area contributed by atoms with E-state index in [0.717, 1.165) is 98.4 Å². The fourth-order valence-electron chi connectivity index (χ4n) is 8.70. The smallest absolute Gasteiger partial charge is 0.335 e. The number of likely N-dealkylation sites (tertiary alicyclic amines) is 1. The number of anilines is 4. The fourth-order valence-corrected chi connectivity index (χ4v) is 10.3. The van der Waals surface area contributed by atoms with Crippen molar-refractivity contribution < 1.29 is 33.8 Å². The minimum absolute atomic E-state index is 0.0401. The third-order valence-electron chi connectivity index (χ3n) is 13.2. The van der Waals surface area contributed by atoms with Crippen molar-refractivity contribution in [2.75, 3.05) is 102 Å². The Balaban J connectivity index is 0.000000176. The number of likely N-dealkylation sites (N-methyl/N-ethyl adjacent to an activating group) is 2. The van der Waals surface area contributed by atoms with Crippen LogP contribution in [0.1, 0.15) is 93.1 Å². The second-order valence-corrected chi connectivity index (χ2v) is 20.7. The van der Waals surface area contributed by atoms with Crippen LogP contribution in [0.3, 0.4) is 0 Å². The molecule has 8 heterocycles. The van der Waals surface area contributed by atoms with Gasteiger partial charge >= 0.3 is 5.97 Å². The van der Waals surface area contributed by atoms with E-state index >= 15 is 0 Å². The molecule has 2 atom stereocenters. The lowest BCUT2D eigenvalue weighted by Crippen LogP contribution is -2.34. The number of ether oxygens (including phenoxy) is 2. The molecule has 10 rings (SSSR count). The molecule has 0 aliphatic carbocycles. The molecule has 6 N–H and O–H groups in total. The van der Waals surface area contributed by atoms with Crippen molar-refractivity contribution in [2.45, 2.75) is 63.5 Å². The van der Waals surface area contributed by atoms with Crippen LogP contribution in [0.2, 0.25) is 0 Å². The third kappa shape index (κ3) is 15.1. The van der Waals surface area contributed by atoms with Gasteiger partial charge in [0.1, 0.15) is 44.5 Å². The number of nitrogens with one attached hydrogen (secondary N) is 5. The van der Waals surface area contributed by atoms with Crippen LogP contribution in [-0.2, 0) is 0 Å². The van der Waals surface area contributed by atoms with Gasteiger partial charge in [-0.05, 0) is 147 Å². The molecule has 75 heavy (non-hydrogen) atoms. The molecule has 6 aromatic rings. The number of rotatable bonds is 4. The Labute approximate surface area is 445 Å². The number of carboxylic acid groups (broad SMARTS) is 1. The van der Waals surface area contributed by atoms with Gasteiger partial charge in [-0.15, -0.1) is 22.7 Å². The average molecular weight is 1060 g/mol. The molecule has 2 aromatic carbocycles. The quantitative estimate of drug-likeness (QED) is 0.0977. The summed E-state index contributed by atoms with van der Waals surface area (Å²) in [4.78, 5) is 74.6. The van der Waals surface area contributed by atoms with E-state index in [2.05, 4.69) is 70.4 Å². The van der Waals surface area contributed by atoms with Crippen LogP contribution in [0.4, 0.5) is 23.0 Å². The van der Waals surface area contributed by atoms with E-state index in [-0.39, 0.29) is 23.1 Å². The van der Waals surface area contributed by atoms with Crippen molar-refractivity contribution in [1.29, 1.82) is 0 Å². The van der Waals surface area contributed by atoms with Gasteiger partial charge in [-0.3, -0.25) is 14.4 Å². The second-order valence-electron chi connectivity index (χ2n) is 19.0. The zero-order valence-electron chi connectivity index (χ0n) is 42.9. The number of carboxylic acids is 1. The standard InChI is InChI=1S/C27H32N6O3S.C21H20N4O4S.C6H14N2/c1-32(2)20-9-12-33(16-20)27(35)19-6-7-23-21(14-19)30-25(34)22-17-37-26(31-22)18-8-11-29-24(15-18)28-10-4-3-5-13-36-23;26-19-16-12-30-20(25-16)13-6-8-23-18(11-13)22-7-2-1-3-9-29-17-5-4-14(21(27)28)10-15(17)24-19;1-8(2)6-3-4-7-5-6/h6-8,11,14-15,17,20H,3-5,9-10,12-13,16H2,1-2H3,(H,28,29)(H,30,34);4-6,8,10-12H,1-3,7,9H2,(H,22,23)(H,24,26)(H,27,28);6-7H,3-5H2,1-2H3. The maximum atomic E-state index is 13.3. The molecule has 4 aromatic heterocycles. The number of carbonyl (C=O) groups is 4. The summed E-state index contributed by atoms with van der Waals surface area (Å²) in [5, 5.41) is 29.8. The molecule has 3 amide bonds. The SMILES string of the molecule is CN(C)C1CCN(C(=O)c2ccc3c(c2)NC(=O)c2csc(n2)-c2ccnc(c2)NCCCCCO3)C1.CN(C)C1CCNC1.O=C(O)c1ccc2c(c1)NC(=O)c1csc(n1)-c1ccnc(c1)NCCCCCO2. The van der Waals surface area contributed by atoms with Crippen molar-refractivity contribution in [1.82, 2.24) is 40.0 Å². The number of aromatic nitrogens is 4. The van der Waals surface area contributed by atoms with Crippen LogP contribution in [0.15, 0.2) is 83.8 Å². The van der Waals surface area contributed by atoms with Gasteiger partial charge in [-0.2, -0.15) is 0 Å². The van der Waals surface area contributed by atoms with Gasteiger partial charge in [-0.25, -0.2) is 24.7 Å². The first-order chi connectivity index (χ1) is 36.4. The summed E-state index contributed by atoms with van der Waals surface area (Å²) in [6, 6.07) is 18.5. The number of benzene rings is 2. The highest BCUT2D eigenvalue weighted by Crippen LogP contribution is 2.32. The fraction of sp³-hybridized carbons (Fsp3) is 0.407. The normalized spacial score (nSPS) is 18.0. The lowest BCUT2D eigenvalue weighted by Gasteiger charge is -2.21. The zero-order chi connectivity index (χ0) is 52.7. The van der Waals surface area contributed by atoms with E-state index in [9.17, 15) is 24.3 Å². The van der Waals surface area contributed by atoms with Gasteiger partial charge in [0, 0.05) is 84.7 Å². The maximum Gasteiger partial charge on any atom is 0.335 e. The minimum Gasteiger partial charge on any atom is -0.491 e. The highest BCUT2D eigenvalue weighted by molar-refractivity contribution is 7.13. The van der Waals surface area contributed by atoms with E-state index < -0.39 is 11.9 Å². The first-order valence-corrected chi connectivity index (χ1v) is 27.2. The Bertz CT molecular complexity index is 2900. The van der Waals surface area contributed by atoms with E-state index in [1.54, 1.807) is 47.4 Å². The van der Waals surface area contributed by atoms with Crippen LogP contribution >= 0.6 is 22.7 Å². The van der Waals surface area contributed by atoms with Gasteiger partial charge in [-0.1, -0.05) is 0 Å². The number of aromatic carboxylic acids is 1. The number of carbonyl (C=O) groups excluding carboxylic acids is 3. The van der Waals surface area contributed by atoms with Crippen molar-refractivity contribution in [3.8, 4) is 32.6 Å². The number of thiazole rings is 2. The van der Waals surface area contributed by atoms with Gasteiger partial charge in [0.05, 0.1) is 30.2 Å². The molecule has 2 saturated heterocycles. The molecule has 2 fully saturated rings. The Hall–Kier alpha value is -7.04. The molecular formula is C54H66N12O7S2. The molecule has 4 aliphatic heterocycles. The number of fused-ring (bicyclic) bond motifs is 12. The number of hydrogen-bond donors (Lipinski definition) is 6. The van der Waals surface area contributed by atoms with Crippen LogP contribution in [0.5, 0.6) is 11.5 Å². The molecule has 19 nitrogen and oxygen atoms in total. The highest BCUT2D eigenvalue weighted by atomic mass is 32.1. The number of amides is 3. The number of hydrogen-bond acceptors (Lipinski definition) is 17. The van der Waals surface area contributed by atoms with Gasteiger partial charge < -0.3 is 55.9 Å². The first kappa shape index (κ1) is 54.2. The molecule has 0 saturated carbocycles. The summed E-state index contributed by atoms with van der Waals surface area (Å²) in [5.74, 6) is 0.646. The molecule has 0 spiro atoms. The van der Waals surface area contributed by atoms with E-state index in [1.807, 2.05) is 43.3 Å². The third-order valence-corrected chi connectivity index (χ3v) is 14.9. The Morgan fingerprint density at radius 3 is 1.67 bits per heavy atom. The molecule has 2 unspecified atom stereocenters. The van der Waals surface area contributed by atoms with Crippen LogP contribution in [0, 0.1) is 0 Å². The highest BCUT2D eigenvalue weighted by Gasteiger charge is 2.29. The van der Waals surface area contributed by atoms with E-state index in [1.165, 1.54) is 54.3 Å². The minimum atomic E-state index is -1.08. The molecule has 0 radical (unpaired) electrons. The molecule has 21 heteroatoms. The number of nitrogens with zero attached hydrogens (tertiary/aromatic N) is 7. The predicted molar refractivity (Wildman–Crippen MR) is 295 cm³/mol. The summed E-state index contributed by atoms with van der Waals surface area (Å²) >= 11 is 2.76. The van der Waals surface area contributed by atoms with Crippen molar-refractivity contribution >= 4 is 69.4 Å². The molecule has 4 aliphatic rings. The van der Waals surface area contributed by atoms with Gasteiger partial charge in [0.15, 0.2) is 0 Å². The second kappa shape index (κ2) is 26.4. The summed E-state index contributed by atoms with van der Waals surface area (Å²) in [5.41, 5.74) is 3.73. The Morgan fingerprint density at radius 2 is 1.19 bits per heavy atom. The summed E-state index contributed by atoms with van der Waals surface area (Å²) in [6.07, 6.45) is 11.3. The summed E-state index contributed by atoms with van der Waals surface area (Å²) < 4.78 is 11.9. The van der Waals surface area contributed by atoms with Crippen LogP contribution in [-0.4, -0.2) is 156 Å². The van der Waals surface area contributed by atoms with Crippen LogP contribution < -0.4 is 36.1 Å². The lowest BCUT2D eigenvalue weighted by molar-refractivity contribution is 0.0695. The molecule has 8 bridgehead atoms. The first-order valence-electron chi connectivity index (χ1n) is 25.4. The molecular weight excluding hydrogens is 993 g/mol. The lowest BCUT2D eigenvalue weighted by atomic mass is 10.1. The van der Waals surface area contributed by atoms with Gasteiger partial charge in [0.25, 0.3) is 17.7 Å². The zero-order valence-corrected chi connectivity index (χ0v) is 44.5. The van der Waals surface area contributed by atoms with Crippen molar-refractivity contribution in [2.24, 2.45) is 0 Å². The monoisotopic (exact) mass is 1060 g/mol. The van der Waals surface area contributed by atoms with Crippen molar-refractivity contribution in [3.63, 3.8) is 0 Å². The summed E-state index contributed by atoms with van der Waals surface area (Å²) in [6.45, 7) is 6.36. The average Bonchev–Trinajstić information content (AvgIpc) is 4.28. The Morgan fingerprint density at radius 1 is 0.653 bits per heavy atom. The van der Waals surface area contributed by atoms with E-state index in [0.29, 0.717) is 64.9 Å². The number of pyridine rings is 2. The topological polar surface area (TPSA) is 228 Å². The predicted octanol–water partition coefficient (Wildman–Crippen LogP) is 8.25.